The molecule has 1 saturated heterocycles. The summed E-state index contributed by atoms with van der Waals surface area (Å²) in [6, 6.07) is 0.889. The summed E-state index contributed by atoms with van der Waals surface area (Å²) in [7, 11) is 1.63. The largest absolute Gasteiger partial charge is 0.435 e. The molecule has 2 aromatic rings. The fraction of sp³-hybridized carbons (Fsp3) is 0.438. The molecule has 9 nitrogen and oxygen atoms in total. The van der Waals surface area contributed by atoms with Crippen LogP contribution in [0.15, 0.2) is 29.3 Å². The van der Waals surface area contributed by atoms with Gasteiger partial charge in [-0.2, -0.15) is 13.2 Å². The Morgan fingerprint density at radius 3 is 2.75 bits per heavy atom. The van der Waals surface area contributed by atoms with Crippen LogP contribution in [0.5, 0.6) is 0 Å². The number of rotatable bonds is 3. The van der Waals surface area contributed by atoms with Crippen LogP contribution in [0.25, 0.3) is 0 Å². The summed E-state index contributed by atoms with van der Waals surface area (Å²) in [5.41, 5.74) is -1.37. The first-order valence-electron chi connectivity index (χ1n) is 8.49. The summed E-state index contributed by atoms with van der Waals surface area (Å²) < 4.78 is 38.9. The van der Waals surface area contributed by atoms with Crippen molar-refractivity contribution in [2.75, 3.05) is 23.3 Å². The van der Waals surface area contributed by atoms with Gasteiger partial charge in [0.05, 0.1) is 0 Å². The van der Waals surface area contributed by atoms with Crippen LogP contribution >= 0.6 is 0 Å². The number of nitrogens with one attached hydrogen (secondary N) is 2. The Bertz CT molecular complexity index is 898. The highest BCUT2D eigenvalue weighted by atomic mass is 19.4. The molecule has 1 fully saturated rings. The Morgan fingerprint density at radius 1 is 1.29 bits per heavy atom. The van der Waals surface area contributed by atoms with Crippen LogP contribution in [0.1, 0.15) is 18.5 Å². The minimum absolute atomic E-state index is 0.100. The summed E-state index contributed by atoms with van der Waals surface area (Å²) in [5.74, 6) is 0.210. The maximum atomic E-state index is 12.5. The van der Waals surface area contributed by atoms with Crippen LogP contribution < -0.4 is 21.1 Å². The summed E-state index contributed by atoms with van der Waals surface area (Å²) in [6.07, 6.45) is -0.0732. The van der Waals surface area contributed by atoms with Gasteiger partial charge in [-0.3, -0.25) is 10.1 Å². The van der Waals surface area contributed by atoms with E-state index in [0.29, 0.717) is 25.3 Å². The highest BCUT2D eigenvalue weighted by Crippen LogP contribution is 2.27. The minimum atomic E-state index is -4.60. The van der Waals surface area contributed by atoms with Crippen molar-refractivity contribution in [1.29, 1.82) is 0 Å². The van der Waals surface area contributed by atoms with Gasteiger partial charge in [0.2, 0.25) is 0 Å². The molecule has 2 N–H and O–H groups in total. The van der Waals surface area contributed by atoms with E-state index >= 15 is 0 Å². The second-order valence-corrected chi connectivity index (χ2v) is 6.35. The number of carbonyl (C=O) groups excluding carboxylic acids is 1. The lowest BCUT2D eigenvalue weighted by Gasteiger charge is -2.33. The third kappa shape index (κ3) is 4.56. The average molecular weight is 397 g/mol. The third-order valence-corrected chi connectivity index (χ3v) is 4.25. The zero-order chi connectivity index (χ0) is 20.3. The number of amides is 2. The lowest BCUT2D eigenvalue weighted by atomic mass is 10.1. The summed E-state index contributed by atoms with van der Waals surface area (Å²) in [5, 5.41) is 11.5. The molecule has 2 amide bonds. The van der Waals surface area contributed by atoms with Crippen molar-refractivity contribution < 1.29 is 18.0 Å². The number of halogens is 3. The molecule has 0 aromatic carbocycles. The molecule has 0 radical (unpaired) electrons. The molecule has 0 unspecified atom stereocenters. The smallest absolute Gasteiger partial charge is 0.350 e. The van der Waals surface area contributed by atoms with Crippen molar-refractivity contribution in [2.45, 2.75) is 25.1 Å². The predicted octanol–water partition coefficient (Wildman–Crippen LogP) is 1.38. The highest BCUT2D eigenvalue weighted by molar-refractivity contribution is 5.88. The van der Waals surface area contributed by atoms with E-state index in [1.54, 1.807) is 18.1 Å². The topological polar surface area (TPSA) is 105 Å². The van der Waals surface area contributed by atoms with Crippen LogP contribution in [-0.4, -0.2) is 44.9 Å². The molecule has 3 heterocycles. The van der Waals surface area contributed by atoms with E-state index in [1.807, 2.05) is 0 Å². The minimum Gasteiger partial charge on any atom is -0.350 e. The molecule has 0 saturated carbocycles. The molecule has 12 heteroatoms. The van der Waals surface area contributed by atoms with Gasteiger partial charge in [-0.1, -0.05) is 0 Å². The van der Waals surface area contributed by atoms with E-state index < -0.39 is 17.9 Å². The number of nitrogens with zero attached hydrogens (tertiary/aromatic N) is 5. The predicted molar refractivity (Wildman–Crippen MR) is 93.9 cm³/mol. The van der Waals surface area contributed by atoms with Crippen LogP contribution in [0.3, 0.4) is 0 Å². The molecule has 1 aliphatic rings. The molecule has 2 aromatic heterocycles. The average Bonchev–Trinajstić information content (AvgIpc) is 2.64. The number of urea groups is 1. The first-order chi connectivity index (χ1) is 13.2. The van der Waals surface area contributed by atoms with Gasteiger partial charge in [-0.05, 0) is 25.0 Å². The van der Waals surface area contributed by atoms with E-state index in [1.165, 1.54) is 10.8 Å². The second-order valence-electron chi connectivity index (χ2n) is 6.35. The maximum Gasteiger partial charge on any atom is 0.435 e. The summed E-state index contributed by atoms with van der Waals surface area (Å²) in [6.45, 7) is 1.02. The Morgan fingerprint density at radius 2 is 2.07 bits per heavy atom. The van der Waals surface area contributed by atoms with Gasteiger partial charge < -0.3 is 14.8 Å². The second kappa shape index (κ2) is 7.82. The van der Waals surface area contributed by atoms with Crippen LogP contribution in [-0.2, 0) is 13.2 Å². The first-order valence-corrected chi connectivity index (χ1v) is 8.49. The van der Waals surface area contributed by atoms with Gasteiger partial charge in [0.1, 0.15) is 0 Å². The van der Waals surface area contributed by atoms with Gasteiger partial charge >= 0.3 is 12.2 Å². The Hall–Kier alpha value is -3.18. The number of aromatic nitrogens is 4. The molecule has 0 spiro atoms. The molecular formula is C16H18F3N7O2. The van der Waals surface area contributed by atoms with Crippen LogP contribution in [0.4, 0.5) is 29.6 Å². The zero-order valence-corrected chi connectivity index (χ0v) is 14.9. The quantitative estimate of drug-likeness (QED) is 0.811. The van der Waals surface area contributed by atoms with Gasteiger partial charge in [0.15, 0.2) is 17.3 Å². The van der Waals surface area contributed by atoms with Gasteiger partial charge in [-0.25, -0.2) is 9.78 Å². The summed E-state index contributed by atoms with van der Waals surface area (Å²) >= 11 is 0. The molecule has 150 valence electrons. The normalized spacial score (nSPS) is 17.3. The number of hydrogen-bond acceptors (Lipinski definition) is 6. The van der Waals surface area contributed by atoms with Crippen molar-refractivity contribution in [3.05, 3.63) is 40.6 Å². The summed E-state index contributed by atoms with van der Waals surface area (Å²) in [4.78, 5) is 30.2. The van der Waals surface area contributed by atoms with Crippen molar-refractivity contribution in [3.8, 4) is 0 Å². The van der Waals surface area contributed by atoms with E-state index in [-0.39, 0.29) is 17.4 Å². The number of aryl methyl sites for hydroxylation is 1. The Kier molecular flexibility index (Phi) is 5.47. The number of anilines is 2. The van der Waals surface area contributed by atoms with Gasteiger partial charge in [0, 0.05) is 38.6 Å². The van der Waals surface area contributed by atoms with E-state index in [2.05, 4.69) is 25.8 Å². The number of hydrogen-bond donors (Lipinski definition) is 2. The lowest BCUT2D eigenvalue weighted by Crippen LogP contribution is -2.50. The first kappa shape index (κ1) is 19.6. The highest BCUT2D eigenvalue weighted by Gasteiger charge is 2.33. The van der Waals surface area contributed by atoms with Crippen molar-refractivity contribution in [2.24, 2.45) is 7.05 Å². The molecule has 0 aliphatic carbocycles. The monoisotopic (exact) mass is 397 g/mol. The van der Waals surface area contributed by atoms with Gasteiger partial charge in [0.25, 0.3) is 5.56 Å². The molecule has 0 bridgehead atoms. The Balaban J connectivity index is 1.59. The lowest BCUT2D eigenvalue weighted by molar-refractivity contribution is -0.141. The van der Waals surface area contributed by atoms with Crippen LogP contribution in [0.2, 0.25) is 0 Å². The SMILES string of the molecule is Cn1ccnc(N2CCC[C@H](NC(=O)Nc3ccc(C(F)(F)F)nn3)C2)c1=O. The van der Waals surface area contributed by atoms with Crippen molar-refractivity contribution in [3.63, 3.8) is 0 Å². The molecule has 1 atom stereocenters. The number of piperidine rings is 1. The fourth-order valence-corrected chi connectivity index (χ4v) is 2.88. The molecular weight excluding hydrogens is 379 g/mol. The number of alkyl halides is 3. The van der Waals surface area contributed by atoms with Crippen LogP contribution in [0, 0.1) is 0 Å². The zero-order valence-electron chi connectivity index (χ0n) is 14.9. The molecule has 1 aliphatic heterocycles. The van der Waals surface area contributed by atoms with Crippen molar-refractivity contribution in [1.82, 2.24) is 25.1 Å². The standard InChI is InChI=1S/C16H18F3N7O2/c1-25-8-6-20-13(14(25)27)26-7-2-3-10(9-26)21-15(28)22-12-5-4-11(23-24-12)16(17,18)19/h4-6,8,10H,2-3,7,9H2,1H3,(H2,21,22,24,28)/t10-/m0/s1. The Labute approximate surface area is 157 Å². The third-order valence-electron chi connectivity index (χ3n) is 4.25. The van der Waals surface area contributed by atoms with E-state index in [9.17, 15) is 22.8 Å². The van der Waals surface area contributed by atoms with E-state index in [0.717, 1.165) is 18.6 Å². The van der Waals surface area contributed by atoms with Crippen molar-refractivity contribution >= 4 is 17.7 Å². The van der Waals surface area contributed by atoms with E-state index in [4.69, 9.17) is 0 Å². The van der Waals surface area contributed by atoms with Gasteiger partial charge in [-0.15, -0.1) is 10.2 Å². The molecule has 28 heavy (non-hydrogen) atoms. The fourth-order valence-electron chi connectivity index (χ4n) is 2.88. The maximum absolute atomic E-state index is 12.5. The number of carbonyl (C=O) groups is 1. The molecule has 3 rings (SSSR count).